The van der Waals surface area contributed by atoms with E-state index in [9.17, 15) is 4.79 Å². The summed E-state index contributed by atoms with van der Waals surface area (Å²) in [7, 11) is 1.89. The van der Waals surface area contributed by atoms with E-state index in [0.29, 0.717) is 18.6 Å². The number of urea groups is 1. The topological polar surface area (TPSA) is 48.5 Å². The number of hydrogen-bond acceptors (Lipinski definition) is 4. The maximum Gasteiger partial charge on any atom is 0.317 e. The van der Waals surface area contributed by atoms with Crippen LogP contribution in [0.15, 0.2) is 0 Å². The molecule has 1 aromatic rings. The second-order valence-electron chi connectivity index (χ2n) is 7.48. The molecule has 0 bridgehead atoms. The molecule has 3 aliphatic rings. The van der Waals surface area contributed by atoms with E-state index in [1.54, 1.807) is 16.2 Å². The smallest absolute Gasteiger partial charge is 0.317 e. The molecule has 0 aromatic carbocycles. The van der Waals surface area contributed by atoms with Crippen LogP contribution in [-0.2, 0) is 19.4 Å². The molecule has 24 heavy (non-hydrogen) atoms. The van der Waals surface area contributed by atoms with Crippen LogP contribution >= 0.6 is 11.3 Å². The van der Waals surface area contributed by atoms with Gasteiger partial charge in [0.05, 0.1) is 12.2 Å². The molecule has 1 N–H and O–H groups in total. The third-order valence-electron chi connectivity index (χ3n) is 5.77. The highest BCUT2D eigenvalue weighted by molar-refractivity contribution is 7.11. The molecule has 3 heterocycles. The zero-order valence-electron chi connectivity index (χ0n) is 14.6. The summed E-state index contributed by atoms with van der Waals surface area (Å²) in [6.45, 7) is 2.97. The third-order valence-corrected chi connectivity index (χ3v) is 6.92. The van der Waals surface area contributed by atoms with E-state index in [0.717, 1.165) is 24.4 Å². The SMILES string of the molecule is CN(Cc1nc2c(s1)CCCC2)C(=O)N[C@@H]1CCN2CCCC[C@H]12. The molecule has 0 radical (unpaired) electrons. The van der Waals surface area contributed by atoms with Gasteiger partial charge in [-0.2, -0.15) is 0 Å². The van der Waals surface area contributed by atoms with Gasteiger partial charge in [-0.25, -0.2) is 9.78 Å². The van der Waals surface area contributed by atoms with Crippen molar-refractivity contribution in [3.8, 4) is 0 Å². The zero-order chi connectivity index (χ0) is 16.5. The number of carbonyl (C=O) groups is 1. The maximum atomic E-state index is 12.6. The minimum absolute atomic E-state index is 0.0561. The molecular weight excluding hydrogens is 320 g/mol. The van der Waals surface area contributed by atoms with Gasteiger partial charge in [0, 0.05) is 30.6 Å². The first-order chi connectivity index (χ1) is 11.7. The van der Waals surface area contributed by atoms with Crippen molar-refractivity contribution >= 4 is 17.4 Å². The summed E-state index contributed by atoms with van der Waals surface area (Å²) in [5.41, 5.74) is 1.28. The van der Waals surface area contributed by atoms with Crippen LogP contribution in [0.1, 0.15) is 54.1 Å². The number of piperidine rings is 1. The van der Waals surface area contributed by atoms with Crippen LogP contribution < -0.4 is 5.32 Å². The third kappa shape index (κ3) is 3.31. The van der Waals surface area contributed by atoms with Gasteiger partial charge in [-0.05, 0) is 51.5 Å². The predicted octanol–water partition coefficient (Wildman–Crippen LogP) is 2.79. The first kappa shape index (κ1) is 16.3. The fraction of sp³-hybridized carbons (Fsp3) is 0.778. The van der Waals surface area contributed by atoms with E-state index < -0.39 is 0 Å². The van der Waals surface area contributed by atoms with E-state index in [-0.39, 0.29) is 6.03 Å². The lowest BCUT2D eigenvalue weighted by atomic mass is 9.99. The Balaban J connectivity index is 1.33. The molecule has 1 aromatic heterocycles. The van der Waals surface area contributed by atoms with Gasteiger partial charge in [0.25, 0.3) is 0 Å². The number of aromatic nitrogens is 1. The van der Waals surface area contributed by atoms with Crippen LogP contribution in [0.4, 0.5) is 4.79 Å². The Bertz CT molecular complexity index is 578. The normalized spacial score (nSPS) is 26.7. The standard InChI is InChI=1S/C18H28N4OS/c1-21(12-17-19-14-6-2-3-8-16(14)24-17)18(23)20-13-9-11-22-10-5-4-7-15(13)22/h13,15H,2-12H2,1H3,(H,20,23)/t13-,15-/m1/s1. The largest absolute Gasteiger partial charge is 0.334 e. The van der Waals surface area contributed by atoms with Crippen molar-refractivity contribution in [2.45, 2.75) is 70.0 Å². The Morgan fingerprint density at radius 3 is 3.00 bits per heavy atom. The lowest BCUT2D eigenvalue weighted by Crippen LogP contribution is -2.49. The first-order valence-corrected chi connectivity index (χ1v) is 10.3. The Hall–Kier alpha value is -1.14. The average molecular weight is 349 g/mol. The minimum Gasteiger partial charge on any atom is -0.334 e. The number of nitrogens with zero attached hydrogens (tertiary/aromatic N) is 3. The maximum absolute atomic E-state index is 12.6. The van der Waals surface area contributed by atoms with Gasteiger partial charge >= 0.3 is 6.03 Å². The molecule has 2 fully saturated rings. The number of rotatable bonds is 3. The van der Waals surface area contributed by atoms with E-state index in [2.05, 4.69) is 10.2 Å². The van der Waals surface area contributed by atoms with Crippen LogP contribution in [-0.4, -0.2) is 53.0 Å². The summed E-state index contributed by atoms with van der Waals surface area (Å²) in [5, 5.41) is 4.37. The number of aryl methyl sites for hydroxylation is 2. The number of nitrogens with one attached hydrogen (secondary N) is 1. The Morgan fingerprint density at radius 2 is 2.12 bits per heavy atom. The summed E-state index contributed by atoms with van der Waals surface area (Å²) in [4.78, 5) is 23.2. The molecule has 2 saturated heterocycles. The van der Waals surface area contributed by atoms with Gasteiger partial charge in [-0.15, -0.1) is 11.3 Å². The number of amides is 2. The molecule has 5 nitrogen and oxygen atoms in total. The Morgan fingerprint density at radius 1 is 1.25 bits per heavy atom. The van der Waals surface area contributed by atoms with E-state index in [1.807, 2.05) is 7.05 Å². The summed E-state index contributed by atoms with van der Waals surface area (Å²) in [6.07, 6.45) is 9.75. The van der Waals surface area contributed by atoms with Gasteiger partial charge in [0.1, 0.15) is 5.01 Å². The fourth-order valence-electron chi connectivity index (χ4n) is 4.43. The van der Waals surface area contributed by atoms with Crippen LogP contribution in [0.5, 0.6) is 0 Å². The Kier molecular flexibility index (Phi) is 4.77. The highest BCUT2D eigenvalue weighted by Gasteiger charge is 2.36. The monoisotopic (exact) mass is 348 g/mol. The Labute approximate surface area is 148 Å². The molecule has 0 spiro atoms. The van der Waals surface area contributed by atoms with Crippen molar-refractivity contribution < 1.29 is 4.79 Å². The van der Waals surface area contributed by atoms with Gasteiger partial charge in [-0.1, -0.05) is 6.42 Å². The molecule has 0 saturated carbocycles. The zero-order valence-corrected chi connectivity index (χ0v) is 15.4. The molecule has 2 amide bonds. The molecule has 2 atom stereocenters. The number of thiazole rings is 1. The number of fused-ring (bicyclic) bond motifs is 2. The van der Waals surface area contributed by atoms with Crippen molar-refractivity contribution in [1.29, 1.82) is 0 Å². The van der Waals surface area contributed by atoms with E-state index >= 15 is 0 Å². The fourth-order valence-corrected chi connectivity index (χ4v) is 5.64. The summed E-state index contributed by atoms with van der Waals surface area (Å²) >= 11 is 1.80. The minimum atomic E-state index is 0.0561. The van der Waals surface area contributed by atoms with Crippen LogP contribution in [0, 0.1) is 0 Å². The molecule has 1 aliphatic carbocycles. The van der Waals surface area contributed by atoms with Crippen LogP contribution in [0.3, 0.4) is 0 Å². The molecule has 2 aliphatic heterocycles. The van der Waals surface area contributed by atoms with Gasteiger partial charge < -0.3 is 10.2 Å². The van der Waals surface area contributed by atoms with E-state index in [1.165, 1.54) is 55.6 Å². The highest BCUT2D eigenvalue weighted by Crippen LogP contribution is 2.28. The molecular formula is C18H28N4OS. The van der Waals surface area contributed by atoms with Crippen molar-refractivity contribution in [2.75, 3.05) is 20.1 Å². The van der Waals surface area contributed by atoms with Gasteiger partial charge in [-0.3, -0.25) is 4.90 Å². The first-order valence-electron chi connectivity index (χ1n) is 9.44. The summed E-state index contributed by atoms with van der Waals surface area (Å²) < 4.78 is 0. The lowest BCUT2D eigenvalue weighted by molar-refractivity contribution is 0.170. The number of carbonyl (C=O) groups excluding carboxylic acids is 1. The molecule has 4 rings (SSSR count). The highest BCUT2D eigenvalue weighted by atomic mass is 32.1. The van der Waals surface area contributed by atoms with Crippen molar-refractivity contribution in [2.24, 2.45) is 0 Å². The van der Waals surface area contributed by atoms with Gasteiger partial charge in [0.15, 0.2) is 0 Å². The quantitative estimate of drug-likeness (QED) is 0.914. The van der Waals surface area contributed by atoms with Crippen molar-refractivity contribution in [3.05, 3.63) is 15.6 Å². The average Bonchev–Trinajstić information content (AvgIpc) is 3.18. The predicted molar refractivity (Wildman–Crippen MR) is 96.4 cm³/mol. The lowest BCUT2D eigenvalue weighted by Gasteiger charge is -2.33. The second kappa shape index (κ2) is 7.00. The van der Waals surface area contributed by atoms with Crippen molar-refractivity contribution in [1.82, 2.24) is 20.1 Å². The summed E-state index contributed by atoms with van der Waals surface area (Å²) in [5.74, 6) is 0. The van der Waals surface area contributed by atoms with E-state index in [4.69, 9.17) is 4.98 Å². The van der Waals surface area contributed by atoms with Crippen LogP contribution in [0.2, 0.25) is 0 Å². The van der Waals surface area contributed by atoms with Crippen LogP contribution in [0.25, 0.3) is 0 Å². The second-order valence-corrected chi connectivity index (χ2v) is 8.65. The van der Waals surface area contributed by atoms with Crippen molar-refractivity contribution in [3.63, 3.8) is 0 Å². The molecule has 6 heteroatoms. The van der Waals surface area contributed by atoms with Gasteiger partial charge in [0.2, 0.25) is 0 Å². The number of hydrogen-bond donors (Lipinski definition) is 1. The molecule has 132 valence electrons. The molecule has 0 unspecified atom stereocenters. The summed E-state index contributed by atoms with van der Waals surface area (Å²) in [6, 6.07) is 0.939.